The topological polar surface area (TPSA) is 35.2 Å². The molecule has 2 aromatic rings. The molecule has 0 saturated heterocycles. The first-order valence-electron chi connectivity index (χ1n) is 6.61. The number of nitrogens with two attached hydrogens (primary N) is 1. The highest BCUT2D eigenvalue weighted by molar-refractivity contribution is 5.91. The van der Waals surface area contributed by atoms with Crippen molar-refractivity contribution in [2.24, 2.45) is 11.7 Å². The van der Waals surface area contributed by atoms with Gasteiger partial charge in [0.1, 0.15) is 5.75 Å². The number of fused-ring (bicyclic) bond motifs is 1. The van der Waals surface area contributed by atoms with Gasteiger partial charge in [-0.2, -0.15) is 0 Å². The number of ether oxygens (including phenoxy) is 1. The lowest BCUT2D eigenvalue weighted by molar-refractivity contribution is 0.419. The fourth-order valence-corrected chi connectivity index (χ4v) is 2.64. The summed E-state index contributed by atoms with van der Waals surface area (Å²) in [4.78, 5) is 0. The first kappa shape index (κ1) is 14.2. The standard InChI is InChI=1S/C16H19NO.ClH/c1-18-16-9-8-13(15(17)10-11-6-7-11)12-4-2-3-5-14(12)16;/h2-5,8-9,11,15H,6-7,10,17H2,1H3;1H/t15-;/m1./s1. The van der Waals surface area contributed by atoms with Crippen LogP contribution in [0.1, 0.15) is 30.9 Å². The normalized spacial score (nSPS) is 15.9. The molecule has 1 aliphatic rings. The number of methoxy groups -OCH3 is 1. The predicted octanol–water partition coefficient (Wildman–Crippen LogP) is 4.07. The molecule has 0 aromatic heterocycles. The van der Waals surface area contributed by atoms with Crippen molar-refractivity contribution in [2.75, 3.05) is 7.11 Å². The first-order valence-corrected chi connectivity index (χ1v) is 6.61. The lowest BCUT2D eigenvalue weighted by Crippen LogP contribution is -2.11. The van der Waals surface area contributed by atoms with Crippen LogP contribution in [0.3, 0.4) is 0 Å². The average molecular weight is 278 g/mol. The Balaban J connectivity index is 0.00000133. The molecule has 19 heavy (non-hydrogen) atoms. The minimum atomic E-state index is 0. The molecule has 0 heterocycles. The predicted molar refractivity (Wildman–Crippen MR) is 82.0 cm³/mol. The second kappa shape index (κ2) is 5.81. The number of halogens is 1. The molecule has 1 saturated carbocycles. The summed E-state index contributed by atoms with van der Waals surface area (Å²) in [7, 11) is 1.71. The maximum absolute atomic E-state index is 6.35. The summed E-state index contributed by atoms with van der Waals surface area (Å²) < 4.78 is 5.41. The maximum atomic E-state index is 6.35. The molecule has 102 valence electrons. The lowest BCUT2D eigenvalue weighted by Gasteiger charge is -2.16. The highest BCUT2D eigenvalue weighted by Gasteiger charge is 2.25. The Bertz CT molecular complexity index is 566. The average Bonchev–Trinajstić information content (AvgIpc) is 3.21. The molecule has 0 spiro atoms. The van der Waals surface area contributed by atoms with E-state index in [1.807, 2.05) is 12.1 Å². The third-order valence-electron chi connectivity index (χ3n) is 3.82. The summed E-state index contributed by atoms with van der Waals surface area (Å²) in [6.45, 7) is 0. The third-order valence-corrected chi connectivity index (χ3v) is 3.82. The molecular weight excluding hydrogens is 258 g/mol. The summed E-state index contributed by atoms with van der Waals surface area (Å²) in [6.07, 6.45) is 3.81. The quantitative estimate of drug-likeness (QED) is 0.914. The molecule has 0 unspecified atom stereocenters. The Morgan fingerprint density at radius 3 is 2.47 bits per heavy atom. The van der Waals surface area contributed by atoms with Crippen LogP contribution in [0.2, 0.25) is 0 Å². The summed E-state index contributed by atoms with van der Waals surface area (Å²) in [6, 6.07) is 12.6. The largest absolute Gasteiger partial charge is 0.496 e. The van der Waals surface area contributed by atoms with E-state index in [-0.39, 0.29) is 18.4 Å². The molecule has 0 radical (unpaired) electrons. The van der Waals surface area contributed by atoms with Crippen LogP contribution in [-0.2, 0) is 0 Å². The SMILES string of the molecule is COc1ccc([C@H](N)CC2CC2)c2ccccc12.Cl. The van der Waals surface area contributed by atoms with Crippen LogP contribution in [0.5, 0.6) is 5.75 Å². The van der Waals surface area contributed by atoms with E-state index < -0.39 is 0 Å². The van der Waals surface area contributed by atoms with Gasteiger partial charge in [-0.15, -0.1) is 12.4 Å². The van der Waals surface area contributed by atoms with Crippen LogP contribution in [0.25, 0.3) is 10.8 Å². The fourth-order valence-electron chi connectivity index (χ4n) is 2.64. The van der Waals surface area contributed by atoms with Crippen LogP contribution in [0.4, 0.5) is 0 Å². The Morgan fingerprint density at radius 2 is 1.84 bits per heavy atom. The molecule has 0 amide bonds. The Hall–Kier alpha value is -1.25. The van der Waals surface area contributed by atoms with E-state index >= 15 is 0 Å². The van der Waals surface area contributed by atoms with Crippen molar-refractivity contribution >= 4 is 23.2 Å². The van der Waals surface area contributed by atoms with Gasteiger partial charge in [0, 0.05) is 11.4 Å². The van der Waals surface area contributed by atoms with Crippen LogP contribution >= 0.6 is 12.4 Å². The van der Waals surface area contributed by atoms with E-state index in [4.69, 9.17) is 10.5 Å². The highest BCUT2D eigenvalue weighted by Crippen LogP contribution is 2.39. The summed E-state index contributed by atoms with van der Waals surface area (Å²) >= 11 is 0. The van der Waals surface area contributed by atoms with Crippen molar-refractivity contribution in [2.45, 2.75) is 25.3 Å². The molecule has 1 atom stereocenters. The van der Waals surface area contributed by atoms with Crippen molar-refractivity contribution < 1.29 is 4.74 Å². The molecule has 2 aromatic carbocycles. The molecule has 1 fully saturated rings. The van der Waals surface area contributed by atoms with Gasteiger partial charge < -0.3 is 10.5 Å². The van der Waals surface area contributed by atoms with E-state index in [2.05, 4.69) is 24.3 Å². The van der Waals surface area contributed by atoms with E-state index in [1.54, 1.807) is 7.11 Å². The minimum Gasteiger partial charge on any atom is -0.496 e. The molecule has 2 N–H and O–H groups in total. The van der Waals surface area contributed by atoms with E-state index in [0.29, 0.717) is 0 Å². The zero-order valence-corrected chi connectivity index (χ0v) is 12.0. The number of hydrogen-bond donors (Lipinski definition) is 1. The van der Waals surface area contributed by atoms with Crippen molar-refractivity contribution in [3.8, 4) is 5.75 Å². The number of rotatable bonds is 4. The van der Waals surface area contributed by atoms with Crippen molar-refractivity contribution in [3.05, 3.63) is 42.0 Å². The van der Waals surface area contributed by atoms with Gasteiger partial charge in [-0.3, -0.25) is 0 Å². The molecule has 0 bridgehead atoms. The minimum absolute atomic E-state index is 0. The van der Waals surface area contributed by atoms with Gasteiger partial charge in [0.25, 0.3) is 0 Å². The van der Waals surface area contributed by atoms with E-state index in [0.717, 1.165) is 23.5 Å². The van der Waals surface area contributed by atoms with Gasteiger partial charge >= 0.3 is 0 Å². The summed E-state index contributed by atoms with van der Waals surface area (Å²) in [5, 5.41) is 2.38. The van der Waals surface area contributed by atoms with Crippen LogP contribution in [-0.4, -0.2) is 7.11 Å². The van der Waals surface area contributed by atoms with Gasteiger partial charge in [0.05, 0.1) is 7.11 Å². The summed E-state index contributed by atoms with van der Waals surface area (Å²) in [5.74, 6) is 1.77. The molecule has 0 aliphatic heterocycles. The highest BCUT2D eigenvalue weighted by atomic mass is 35.5. The Labute approximate surface area is 120 Å². The molecule has 2 nitrogen and oxygen atoms in total. The smallest absolute Gasteiger partial charge is 0.126 e. The van der Waals surface area contributed by atoms with Crippen molar-refractivity contribution in [1.29, 1.82) is 0 Å². The second-order valence-electron chi connectivity index (χ2n) is 5.19. The van der Waals surface area contributed by atoms with Crippen LogP contribution in [0, 0.1) is 5.92 Å². The summed E-state index contributed by atoms with van der Waals surface area (Å²) in [5.41, 5.74) is 7.60. The van der Waals surface area contributed by atoms with Gasteiger partial charge in [-0.25, -0.2) is 0 Å². The Morgan fingerprint density at radius 1 is 1.16 bits per heavy atom. The molecular formula is C16H20ClNO. The molecule has 1 aliphatic carbocycles. The van der Waals surface area contributed by atoms with Gasteiger partial charge in [-0.1, -0.05) is 43.2 Å². The van der Waals surface area contributed by atoms with Gasteiger partial charge in [0.15, 0.2) is 0 Å². The first-order chi connectivity index (χ1) is 8.79. The molecule has 3 heteroatoms. The molecule has 3 rings (SSSR count). The van der Waals surface area contributed by atoms with Crippen molar-refractivity contribution in [1.82, 2.24) is 0 Å². The maximum Gasteiger partial charge on any atom is 0.126 e. The van der Waals surface area contributed by atoms with E-state index in [1.165, 1.54) is 23.8 Å². The van der Waals surface area contributed by atoms with Crippen LogP contribution < -0.4 is 10.5 Å². The number of hydrogen-bond acceptors (Lipinski definition) is 2. The number of benzene rings is 2. The van der Waals surface area contributed by atoms with Crippen molar-refractivity contribution in [3.63, 3.8) is 0 Å². The van der Waals surface area contributed by atoms with E-state index in [9.17, 15) is 0 Å². The zero-order chi connectivity index (χ0) is 12.5. The lowest BCUT2D eigenvalue weighted by atomic mass is 9.95. The fraction of sp³-hybridized carbons (Fsp3) is 0.375. The van der Waals surface area contributed by atoms with Gasteiger partial charge in [0.2, 0.25) is 0 Å². The monoisotopic (exact) mass is 277 g/mol. The van der Waals surface area contributed by atoms with Crippen LogP contribution in [0.15, 0.2) is 36.4 Å². The van der Waals surface area contributed by atoms with Gasteiger partial charge in [-0.05, 0) is 29.4 Å². The Kier molecular flexibility index (Phi) is 4.33. The zero-order valence-electron chi connectivity index (χ0n) is 11.1. The third kappa shape index (κ3) is 2.85. The second-order valence-corrected chi connectivity index (χ2v) is 5.19.